The molecule has 0 fully saturated rings. The van der Waals surface area contributed by atoms with E-state index in [4.69, 9.17) is 5.73 Å². The van der Waals surface area contributed by atoms with Crippen LogP contribution in [-0.2, 0) is 6.42 Å². The van der Waals surface area contributed by atoms with E-state index < -0.39 is 5.91 Å². The fourth-order valence-corrected chi connectivity index (χ4v) is 2.71. The summed E-state index contributed by atoms with van der Waals surface area (Å²) in [5.41, 5.74) is 7.85. The summed E-state index contributed by atoms with van der Waals surface area (Å²) in [6, 6.07) is 7.58. The molecule has 0 unspecified atom stereocenters. The van der Waals surface area contributed by atoms with E-state index in [1.165, 1.54) is 16.0 Å². The van der Waals surface area contributed by atoms with Gasteiger partial charge in [-0.25, -0.2) is 0 Å². The molecule has 3 aromatic rings. The van der Waals surface area contributed by atoms with Crippen LogP contribution < -0.4 is 11.1 Å². The first-order chi connectivity index (χ1) is 11.1. The smallest absolute Gasteiger partial charge is 0.281 e. The number of nitrogen functional groups attached to an aromatic ring is 1. The number of hydrogen-bond acceptors (Lipinski definition) is 7. The van der Waals surface area contributed by atoms with Gasteiger partial charge in [0.15, 0.2) is 11.5 Å². The molecular weight excluding hydrogens is 314 g/mol. The lowest BCUT2D eigenvalue weighted by Crippen LogP contribution is -2.15. The molecule has 0 spiro atoms. The molecule has 2 aromatic heterocycles. The average Bonchev–Trinajstić information content (AvgIpc) is 3.14. The van der Waals surface area contributed by atoms with Crippen molar-refractivity contribution >= 4 is 28.2 Å². The summed E-state index contributed by atoms with van der Waals surface area (Å²) in [7, 11) is 0. The van der Waals surface area contributed by atoms with Crippen LogP contribution in [-0.4, -0.2) is 31.1 Å². The van der Waals surface area contributed by atoms with E-state index in [1.807, 2.05) is 38.1 Å². The van der Waals surface area contributed by atoms with Gasteiger partial charge in [0.2, 0.25) is 5.13 Å². The van der Waals surface area contributed by atoms with Crippen LogP contribution in [0.5, 0.6) is 0 Å². The van der Waals surface area contributed by atoms with Gasteiger partial charge in [-0.1, -0.05) is 41.7 Å². The topological polar surface area (TPSA) is 112 Å². The minimum atomic E-state index is -0.457. The normalized spacial score (nSPS) is 10.7. The summed E-state index contributed by atoms with van der Waals surface area (Å²) >= 11 is 1.32. The Bertz CT molecular complexity index is 854. The van der Waals surface area contributed by atoms with Gasteiger partial charge in [-0.15, -0.1) is 15.3 Å². The number of amides is 1. The van der Waals surface area contributed by atoms with Crippen LogP contribution in [0.2, 0.25) is 0 Å². The van der Waals surface area contributed by atoms with Gasteiger partial charge in [0.1, 0.15) is 5.01 Å². The Kier molecular flexibility index (Phi) is 4.02. The fraction of sp³-hybridized carbons (Fsp3) is 0.214. The molecule has 0 saturated heterocycles. The van der Waals surface area contributed by atoms with E-state index in [-0.39, 0.29) is 11.5 Å². The highest BCUT2D eigenvalue weighted by Gasteiger charge is 2.20. The SMILES string of the molecule is CCc1nnc(NC(=O)c2nnn(-c3ccccc3C)c2N)s1. The second-order valence-electron chi connectivity index (χ2n) is 4.83. The van der Waals surface area contributed by atoms with Crippen LogP contribution in [0.4, 0.5) is 10.9 Å². The lowest BCUT2D eigenvalue weighted by atomic mass is 10.2. The fourth-order valence-electron chi connectivity index (χ4n) is 2.03. The lowest BCUT2D eigenvalue weighted by molar-refractivity contribution is 0.102. The van der Waals surface area contributed by atoms with Crippen LogP contribution in [0.15, 0.2) is 24.3 Å². The van der Waals surface area contributed by atoms with Gasteiger partial charge in [0.05, 0.1) is 5.69 Å². The molecule has 8 nitrogen and oxygen atoms in total. The maximum Gasteiger partial charge on any atom is 0.281 e. The van der Waals surface area contributed by atoms with E-state index in [9.17, 15) is 4.79 Å². The van der Waals surface area contributed by atoms with Gasteiger partial charge in [-0.2, -0.15) is 4.68 Å². The first kappa shape index (κ1) is 15.1. The monoisotopic (exact) mass is 329 g/mol. The number of anilines is 2. The quantitative estimate of drug-likeness (QED) is 0.755. The van der Waals surface area contributed by atoms with Crippen LogP contribution >= 0.6 is 11.3 Å². The number of carbonyl (C=O) groups is 1. The summed E-state index contributed by atoms with van der Waals surface area (Å²) in [5.74, 6) is -0.279. The Morgan fingerprint density at radius 1 is 1.30 bits per heavy atom. The van der Waals surface area contributed by atoms with Crippen molar-refractivity contribution in [2.24, 2.45) is 0 Å². The third kappa shape index (κ3) is 2.90. The van der Waals surface area contributed by atoms with Crippen molar-refractivity contribution in [1.29, 1.82) is 0 Å². The molecule has 2 heterocycles. The molecule has 3 rings (SSSR count). The first-order valence-electron chi connectivity index (χ1n) is 7.01. The Balaban J connectivity index is 1.87. The molecule has 3 N–H and O–H groups in total. The third-order valence-electron chi connectivity index (χ3n) is 3.25. The summed E-state index contributed by atoms with van der Waals surface area (Å²) < 4.78 is 1.45. The zero-order valence-electron chi connectivity index (χ0n) is 12.6. The Morgan fingerprint density at radius 2 is 2.09 bits per heavy atom. The molecule has 0 aliphatic carbocycles. The molecular formula is C14H15N7OS. The van der Waals surface area contributed by atoms with E-state index >= 15 is 0 Å². The second kappa shape index (κ2) is 6.13. The highest BCUT2D eigenvalue weighted by atomic mass is 32.1. The predicted molar refractivity (Wildman–Crippen MR) is 87.7 cm³/mol. The molecule has 118 valence electrons. The summed E-state index contributed by atoms with van der Waals surface area (Å²) in [4.78, 5) is 12.3. The maximum atomic E-state index is 12.3. The molecule has 1 amide bonds. The number of para-hydroxylation sites is 1. The number of aromatic nitrogens is 5. The average molecular weight is 329 g/mol. The van der Waals surface area contributed by atoms with Crippen molar-refractivity contribution in [2.45, 2.75) is 20.3 Å². The van der Waals surface area contributed by atoms with Crippen LogP contribution in [0.25, 0.3) is 5.69 Å². The van der Waals surface area contributed by atoms with Crippen LogP contribution in [0.3, 0.4) is 0 Å². The number of rotatable bonds is 4. The number of nitrogens with one attached hydrogen (secondary N) is 1. The minimum absolute atomic E-state index is 0.0569. The van der Waals surface area contributed by atoms with Gasteiger partial charge in [-0.3, -0.25) is 10.1 Å². The molecule has 0 aliphatic heterocycles. The summed E-state index contributed by atoms with van der Waals surface area (Å²) in [5, 5.41) is 19.6. The van der Waals surface area contributed by atoms with Crippen molar-refractivity contribution in [3.8, 4) is 5.69 Å². The molecule has 9 heteroatoms. The van der Waals surface area contributed by atoms with Gasteiger partial charge in [0.25, 0.3) is 5.91 Å². The molecule has 0 radical (unpaired) electrons. The molecule has 1 aromatic carbocycles. The predicted octanol–water partition coefficient (Wildman–Crippen LogP) is 1.82. The van der Waals surface area contributed by atoms with Crippen molar-refractivity contribution in [3.63, 3.8) is 0 Å². The first-order valence-corrected chi connectivity index (χ1v) is 7.82. The number of aryl methyl sites for hydroxylation is 2. The lowest BCUT2D eigenvalue weighted by Gasteiger charge is -2.06. The van der Waals surface area contributed by atoms with E-state index in [0.29, 0.717) is 5.13 Å². The van der Waals surface area contributed by atoms with E-state index in [0.717, 1.165) is 22.7 Å². The maximum absolute atomic E-state index is 12.3. The third-order valence-corrected chi connectivity index (χ3v) is 4.24. The number of nitrogens with zero attached hydrogens (tertiary/aromatic N) is 5. The number of hydrogen-bond donors (Lipinski definition) is 2. The van der Waals surface area contributed by atoms with Gasteiger partial charge < -0.3 is 5.73 Å². The Labute approximate surface area is 136 Å². The standard InChI is InChI=1S/C14H15N7OS/c1-3-10-17-19-14(23-10)16-13(22)11-12(15)21(20-18-11)9-7-5-4-6-8(9)2/h4-7H,3,15H2,1-2H3,(H,16,19,22). The van der Waals surface area contributed by atoms with Crippen molar-refractivity contribution in [1.82, 2.24) is 25.2 Å². The second-order valence-corrected chi connectivity index (χ2v) is 5.89. The van der Waals surface area contributed by atoms with Gasteiger partial charge in [-0.05, 0) is 25.0 Å². The number of benzene rings is 1. The van der Waals surface area contributed by atoms with Crippen molar-refractivity contribution in [2.75, 3.05) is 11.1 Å². The number of nitrogens with two attached hydrogens (primary N) is 1. The molecule has 0 bridgehead atoms. The zero-order chi connectivity index (χ0) is 16.4. The highest BCUT2D eigenvalue weighted by Crippen LogP contribution is 2.20. The molecule has 0 saturated carbocycles. The minimum Gasteiger partial charge on any atom is -0.382 e. The van der Waals surface area contributed by atoms with E-state index in [1.54, 1.807) is 0 Å². The largest absolute Gasteiger partial charge is 0.382 e. The highest BCUT2D eigenvalue weighted by molar-refractivity contribution is 7.15. The van der Waals surface area contributed by atoms with Crippen LogP contribution in [0, 0.1) is 6.92 Å². The Hall–Kier alpha value is -2.81. The van der Waals surface area contributed by atoms with Crippen molar-refractivity contribution in [3.05, 3.63) is 40.5 Å². The molecule has 0 aliphatic rings. The molecule has 0 atom stereocenters. The van der Waals surface area contributed by atoms with E-state index in [2.05, 4.69) is 25.8 Å². The Morgan fingerprint density at radius 3 is 2.78 bits per heavy atom. The number of carbonyl (C=O) groups excluding carboxylic acids is 1. The van der Waals surface area contributed by atoms with Gasteiger partial charge in [0, 0.05) is 0 Å². The summed E-state index contributed by atoms with van der Waals surface area (Å²) in [6.45, 7) is 3.90. The van der Waals surface area contributed by atoms with Gasteiger partial charge >= 0.3 is 0 Å². The molecule has 23 heavy (non-hydrogen) atoms. The van der Waals surface area contributed by atoms with Crippen LogP contribution in [0.1, 0.15) is 28.0 Å². The summed E-state index contributed by atoms with van der Waals surface area (Å²) in [6.07, 6.45) is 0.763. The zero-order valence-corrected chi connectivity index (χ0v) is 13.5. The van der Waals surface area contributed by atoms with Crippen molar-refractivity contribution < 1.29 is 4.79 Å².